The van der Waals surface area contributed by atoms with E-state index in [0.717, 1.165) is 11.0 Å². The van der Waals surface area contributed by atoms with Gasteiger partial charge < -0.3 is 10.8 Å². The van der Waals surface area contributed by atoms with Crippen LogP contribution in [-0.4, -0.2) is 22.6 Å². The number of nitrogens with two attached hydrogens (primary N) is 1. The van der Waals surface area contributed by atoms with Gasteiger partial charge in [-0.1, -0.05) is 24.3 Å². The highest BCUT2D eigenvalue weighted by molar-refractivity contribution is 6.07. The van der Waals surface area contributed by atoms with E-state index >= 15 is 0 Å². The number of hydrogen-bond donors (Lipinski definition) is 2. The third-order valence-corrected chi connectivity index (χ3v) is 2.75. The highest BCUT2D eigenvalue weighted by atomic mass is 16.4. The number of anilines is 1. The maximum Gasteiger partial charge on any atom is 0.349 e. The lowest BCUT2D eigenvalue weighted by atomic mass is 9.91. The number of benzene rings is 1. The fraction of sp³-hybridized carbons (Fsp3) is 0.0833. The summed E-state index contributed by atoms with van der Waals surface area (Å²) in [5, 5.41) is 18.3. The minimum Gasteiger partial charge on any atom is -0.478 e. The molecule has 2 amide bonds. The number of carboxylic acids is 1. The van der Waals surface area contributed by atoms with Crippen LogP contribution in [0.5, 0.6) is 0 Å². The molecule has 0 saturated carbocycles. The summed E-state index contributed by atoms with van der Waals surface area (Å²) < 4.78 is 0. The smallest absolute Gasteiger partial charge is 0.349 e. The van der Waals surface area contributed by atoms with E-state index < -0.39 is 17.5 Å². The van der Waals surface area contributed by atoms with Crippen LogP contribution >= 0.6 is 0 Å². The Balaban J connectivity index is 2.72. The standard InChI is InChI=1S/C12H9N3O3/c13-7-12(10(16)17)6-5-8-3-1-2-4-9(8)15(12)11(14)18/h1-6H,(H2,14,18)(H,16,17). The number of carbonyl (C=O) groups is 2. The van der Waals surface area contributed by atoms with Crippen LogP contribution in [0.1, 0.15) is 5.56 Å². The Bertz CT molecular complexity index is 603. The van der Waals surface area contributed by atoms with E-state index in [1.54, 1.807) is 30.3 Å². The van der Waals surface area contributed by atoms with E-state index in [4.69, 9.17) is 11.0 Å². The van der Waals surface area contributed by atoms with Crippen LogP contribution < -0.4 is 10.6 Å². The number of para-hydroxylation sites is 1. The average Bonchev–Trinajstić information content (AvgIpc) is 2.36. The van der Waals surface area contributed by atoms with Gasteiger partial charge in [-0.2, -0.15) is 5.26 Å². The molecule has 90 valence electrons. The van der Waals surface area contributed by atoms with Crippen molar-refractivity contribution in [2.24, 2.45) is 5.73 Å². The predicted octanol–water partition coefficient (Wildman–Crippen LogP) is 0.945. The second-order valence-corrected chi connectivity index (χ2v) is 3.75. The van der Waals surface area contributed by atoms with Crippen LogP contribution in [0, 0.1) is 11.3 Å². The minimum absolute atomic E-state index is 0.302. The molecule has 6 heteroatoms. The van der Waals surface area contributed by atoms with Gasteiger partial charge in [-0.05, 0) is 17.7 Å². The van der Waals surface area contributed by atoms with E-state index in [-0.39, 0.29) is 0 Å². The molecule has 0 saturated heterocycles. The Hall–Kier alpha value is -2.81. The highest BCUT2D eigenvalue weighted by Crippen LogP contribution is 2.34. The number of fused-ring (bicyclic) bond motifs is 1. The maximum absolute atomic E-state index is 11.5. The Morgan fingerprint density at radius 1 is 1.39 bits per heavy atom. The van der Waals surface area contributed by atoms with Gasteiger partial charge in [0.15, 0.2) is 0 Å². The van der Waals surface area contributed by atoms with Gasteiger partial charge in [0.05, 0.1) is 5.69 Å². The fourth-order valence-corrected chi connectivity index (χ4v) is 1.90. The molecule has 0 bridgehead atoms. The van der Waals surface area contributed by atoms with Crippen LogP contribution in [0.3, 0.4) is 0 Å². The summed E-state index contributed by atoms with van der Waals surface area (Å²) in [6.45, 7) is 0. The van der Waals surface area contributed by atoms with Crippen molar-refractivity contribution in [2.75, 3.05) is 4.90 Å². The molecule has 18 heavy (non-hydrogen) atoms. The normalized spacial score (nSPS) is 20.9. The Morgan fingerprint density at radius 2 is 2.06 bits per heavy atom. The molecule has 1 heterocycles. The molecular weight excluding hydrogens is 234 g/mol. The predicted molar refractivity (Wildman–Crippen MR) is 63.5 cm³/mol. The third kappa shape index (κ3) is 1.42. The van der Waals surface area contributed by atoms with Gasteiger partial charge in [0.25, 0.3) is 5.54 Å². The first-order chi connectivity index (χ1) is 8.53. The lowest BCUT2D eigenvalue weighted by Gasteiger charge is -2.35. The molecule has 0 spiro atoms. The SMILES string of the molecule is N#CC1(C(=O)O)C=Cc2ccccc2N1C(N)=O. The topological polar surface area (TPSA) is 107 Å². The Labute approximate surface area is 103 Å². The van der Waals surface area contributed by atoms with Crippen molar-refractivity contribution in [3.8, 4) is 6.07 Å². The molecule has 0 aliphatic carbocycles. The van der Waals surface area contributed by atoms with Gasteiger partial charge in [0, 0.05) is 0 Å². The number of carbonyl (C=O) groups excluding carboxylic acids is 1. The van der Waals surface area contributed by atoms with Crippen molar-refractivity contribution in [3.05, 3.63) is 35.9 Å². The zero-order valence-corrected chi connectivity index (χ0v) is 9.20. The van der Waals surface area contributed by atoms with Crippen LogP contribution in [0.25, 0.3) is 6.08 Å². The first kappa shape index (κ1) is 11.7. The first-order valence-electron chi connectivity index (χ1n) is 5.05. The number of aliphatic carboxylic acids is 1. The molecule has 1 aromatic rings. The lowest BCUT2D eigenvalue weighted by Crippen LogP contribution is -2.58. The zero-order valence-electron chi connectivity index (χ0n) is 9.20. The Kier molecular flexibility index (Phi) is 2.52. The highest BCUT2D eigenvalue weighted by Gasteiger charge is 2.48. The number of hydrogen-bond acceptors (Lipinski definition) is 3. The van der Waals surface area contributed by atoms with Crippen LogP contribution in [0.2, 0.25) is 0 Å². The number of nitriles is 1. The number of rotatable bonds is 1. The van der Waals surface area contributed by atoms with Gasteiger partial charge in [0.1, 0.15) is 6.07 Å². The number of amides is 2. The molecule has 1 unspecified atom stereocenters. The third-order valence-electron chi connectivity index (χ3n) is 2.75. The van der Waals surface area contributed by atoms with Crippen molar-refractivity contribution in [3.63, 3.8) is 0 Å². The largest absolute Gasteiger partial charge is 0.478 e. The van der Waals surface area contributed by atoms with Crippen molar-refractivity contribution in [2.45, 2.75) is 5.54 Å². The number of carboxylic acid groups (broad SMARTS) is 1. The molecule has 1 aromatic carbocycles. The van der Waals surface area contributed by atoms with Gasteiger partial charge in [-0.3, -0.25) is 4.90 Å². The zero-order chi connectivity index (χ0) is 13.3. The van der Waals surface area contributed by atoms with E-state index in [1.165, 1.54) is 6.08 Å². The summed E-state index contributed by atoms with van der Waals surface area (Å²) in [5.74, 6) is -1.45. The molecular formula is C12H9N3O3. The average molecular weight is 243 g/mol. The van der Waals surface area contributed by atoms with Crippen molar-refractivity contribution < 1.29 is 14.7 Å². The van der Waals surface area contributed by atoms with Gasteiger partial charge in [-0.15, -0.1) is 0 Å². The molecule has 6 nitrogen and oxygen atoms in total. The molecule has 1 atom stereocenters. The lowest BCUT2D eigenvalue weighted by molar-refractivity contribution is -0.139. The number of urea groups is 1. The molecule has 0 radical (unpaired) electrons. The summed E-state index contributed by atoms with van der Waals surface area (Å²) in [4.78, 5) is 23.6. The van der Waals surface area contributed by atoms with E-state index in [2.05, 4.69) is 0 Å². The first-order valence-corrected chi connectivity index (χ1v) is 5.05. The van der Waals surface area contributed by atoms with E-state index in [0.29, 0.717) is 11.3 Å². The fourth-order valence-electron chi connectivity index (χ4n) is 1.90. The molecule has 0 aromatic heterocycles. The monoisotopic (exact) mass is 243 g/mol. The molecule has 1 aliphatic rings. The second kappa shape index (κ2) is 3.89. The van der Waals surface area contributed by atoms with Gasteiger partial charge in [-0.25, -0.2) is 9.59 Å². The molecule has 0 fully saturated rings. The van der Waals surface area contributed by atoms with Crippen LogP contribution in [-0.2, 0) is 4.79 Å². The quantitative estimate of drug-likeness (QED) is 0.765. The summed E-state index contributed by atoms with van der Waals surface area (Å²) in [6.07, 6.45) is 2.65. The summed E-state index contributed by atoms with van der Waals surface area (Å²) in [5.41, 5.74) is 4.04. The second-order valence-electron chi connectivity index (χ2n) is 3.75. The van der Waals surface area contributed by atoms with Crippen molar-refractivity contribution in [1.29, 1.82) is 5.26 Å². The van der Waals surface area contributed by atoms with Crippen molar-refractivity contribution >= 4 is 23.8 Å². The maximum atomic E-state index is 11.5. The number of primary amides is 1. The summed E-state index contributed by atoms with van der Waals surface area (Å²) >= 11 is 0. The molecule has 1 aliphatic heterocycles. The summed E-state index contributed by atoms with van der Waals surface area (Å²) in [6, 6.07) is 7.25. The Morgan fingerprint density at radius 3 is 2.61 bits per heavy atom. The van der Waals surface area contributed by atoms with E-state index in [9.17, 15) is 14.7 Å². The molecule has 2 rings (SSSR count). The van der Waals surface area contributed by atoms with Crippen LogP contribution in [0.15, 0.2) is 30.3 Å². The van der Waals surface area contributed by atoms with E-state index in [1.807, 2.05) is 0 Å². The number of nitrogens with zero attached hydrogens (tertiary/aromatic N) is 2. The molecule has 3 N–H and O–H groups in total. The van der Waals surface area contributed by atoms with Crippen LogP contribution in [0.4, 0.5) is 10.5 Å². The van der Waals surface area contributed by atoms with Gasteiger partial charge >= 0.3 is 12.0 Å². The van der Waals surface area contributed by atoms with Gasteiger partial charge in [0.2, 0.25) is 0 Å². The van der Waals surface area contributed by atoms with Crippen molar-refractivity contribution in [1.82, 2.24) is 0 Å². The summed E-state index contributed by atoms with van der Waals surface area (Å²) in [7, 11) is 0. The minimum atomic E-state index is -2.10.